The molecule has 0 aromatic heterocycles. The fourth-order valence-electron chi connectivity index (χ4n) is 4.86. The molecule has 0 atom stereocenters. The van der Waals surface area contributed by atoms with E-state index in [1.54, 1.807) is 0 Å². The summed E-state index contributed by atoms with van der Waals surface area (Å²) in [6.45, 7) is 4.25. The lowest BCUT2D eigenvalue weighted by molar-refractivity contribution is 1.46. The van der Waals surface area contributed by atoms with E-state index in [1.165, 1.54) is 65.7 Å². The molecule has 6 aromatic carbocycles. The number of hydrogen-bond acceptors (Lipinski definition) is 0. The van der Waals surface area contributed by atoms with Crippen LogP contribution in [0.25, 0.3) is 56.6 Å². The quantitative estimate of drug-likeness (QED) is 0.191. The van der Waals surface area contributed by atoms with E-state index >= 15 is 0 Å². The van der Waals surface area contributed by atoms with Gasteiger partial charge in [0.05, 0.1) is 0 Å². The molecule has 0 N–H and O–H groups in total. The fraction of sp³-hybridized carbons (Fsp3) is 0.0588. The van der Waals surface area contributed by atoms with Crippen LogP contribution in [-0.4, -0.2) is 0 Å². The molecule has 0 unspecified atom stereocenters. The van der Waals surface area contributed by atoms with Gasteiger partial charge in [-0.15, -0.1) is 0 Å². The highest BCUT2D eigenvalue weighted by atomic mass is 14.1. The van der Waals surface area contributed by atoms with Crippen molar-refractivity contribution in [1.82, 2.24) is 0 Å². The maximum absolute atomic E-state index is 2.28. The summed E-state index contributed by atoms with van der Waals surface area (Å²) < 4.78 is 0. The summed E-state index contributed by atoms with van der Waals surface area (Å²) in [6.07, 6.45) is 8.91. The Hall–Kier alpha value is -4.16. The molecule has 0 radical (unpaired) electrons. The third-order valence-corrected chi connectivity index (χ3v) is 6.80. The van der Waals surface area contributed by atoms with Crippen molar-refractivity contribution < 1.29 is 0 Å². The molecule has 0 amide bonds. The zero-order valence-electron chi connectivity index (χ0n) is 19.5. The van der Waals surface area contributed by atoms with Gasteiger partial charge in [-0.1, -0.05) is 132 Å². The Bertz CT molecular complexity index is 1550. The van der Waals surface area contributed by atoms with Crippen LogP contribution in [0.15, 0.2) is 97.1 Å². The van der Waals surface area contributed by atoms with Crippen LogP contribution in [0.4, 0.5) is 0 Å². The molecule has 0 aliphatic carbocycles. The van der Waals surface area contributed by atoms with Gasteiger partial charge in [0, 0.05) is 0 Å². The third-order valence-electron chi connectivity index (χ3n) is 6.80. The first-order valence-electron chi connectivity index (χ1n) is 11.9. The van der Waals surface area contributed by atoms with E-state index in [1.807, 2.05) is 0 Å². The van der Waals surface area contributed by atoms with Crippen LogP contribution in [0.5, 0.6) is 0 Å². The molecule has 6 rings (SSSR count). The van der Waals surface area contributed by atoms with E-state index < -0.39 is 0 Å². The number of aryl methyl sites for hydroxylation is 2. The van der Waals surface area contributed by atoms with E-state index in [-0.39, 0.29) is 0 Å². The Morgan fingerprint density at radius 3 is 1.18 bits per heavy atom. The fourth-order valence-corrected chi connectivity index (χ4v) is 4.86. The zero-order chi connectivity index (χ0) is 23.1. The third kappa shape index (κ3) is 3.68. The number of rotatable bonds is 4. The monoisotopic (exact) mass is 434 g/mol. The number of hydrogen-bond donors (Lipinski definition) is 0. The van der Waals surface area contributed by atoms with Gasteiger partial charge in [0.25, 0.3) is 0 Å². The lowest BCUT2D eigenvalue weighted by Crippen LogP contribution is -1.88. The van der Waals surface area contributed by atoms with Gasteiger partial charge in [0.1, 0.15) is 0 Å². The Kier molecular flexibility index (Phi) is 5.00. The average molecular weight is 435 g/mol. The molecular formula is C34H26. The van der Waals surface area contributed by atoms with Crippen molar-refractivity contribution in [2.24, 2.45) is 0 Å². The average Bonchev–Trinajstić information content (AvgIpc) is 2.87. The van der Waals surface area contributed by atoms with Crippen LogP contribution in [0, 0.1) is 13.8 Å². The van der Waals surface area contributed by atoms with Gasteiger partial charge in [-0.2, -0.15) is 0 Å². The first-order chi connectivity index (χ1) is 16.7. The first-order valence-corrected chi connectivity index (χ1v) is 11.9. The van der Waals surface area contributed by atoms with Crippen molar-refractivity contribution in [3.8, 4) is 0 Å². The molecule has 0 heterocycles. The Labute approximate surface area is 200 Å². The minimum absolute atomic E-state index is 1.22. The van der Waals surface area contributed by atoms with Crippen LogP contribution < -0.4 is 0 Å². The van der Waals surface area contributed by atoms with E-state index in [4.69, 9.17) is 0 Å². The van der Waals surface area contributed by atoms with Crippen LogP contribution in [0.2, 0.25) is 0 Å². The van der Waals surface area contributed by atoms with Gasteiger partial charge >= 0.3 is 0 Å². The largest absolute Gasteiger partial charge is 0.0587 e. The molecule has 0 spiro atoms. The smallest absolute Gasteiger partial charge is 0.00206 e. The lowest BCUT2D eigenvalue weighted by atomic mass is 9.89. The van der Waals surface area contributed by atoms with Crippen molar-refractivity contribution in [2.75, 3.05) is 0 Å². The van der Waals surface area contributed by atoms with E-state index in [0.717, 1.165) is 0 Å². The normalized spacial score (nSPS) is 12.2. The summed E-state index contributed by atoms with van der Waals surface area (Å²) in [7, 11) is 0. The second-order valence-electron chi connectivity index (χ2n) is 9.22. The summed E-state index contributed by atoms with van der Waals surface area (Å²) in [5.74, 6) is 0. The minimum atomic E-state index is 1.22. The maximum Gasteiger partial charge on any atom is -0.00206 e. The summed E-state index contributed by atoms with van der Waals surface area (Å²) in [4.78, 5) is 0. The van der Waals surface area contributed by atoms with Gasteiger partial charge in [-0.25, -0.2) is 0 Å². The molecule has 6 aromatic rings. The predicted molar refractivity (Wildman–Crippen MR) is 150 cm³/mol. The van der Waals surface area contributed by atoms with E-state index in [0.29, 0.717) is 0 Å². The van der Waals surface area contributed by atoms with Crippen LogP contribution in [-0.2, 0) is 0 Å². The predicted octanol–water partition coefficient (Wildman–Crippen LogP) is 9.54. The number of benzene rings is 6. The van der Waals surface area contributed by atoms with Crippen LogP contribution >= 0.6 is 0 Å². The van der Waals surface area contributed by atoms with Crippen molar-refractivity contribution in [1.29, 1.82) is 0 Å². The van der Waals surface area contributed by atoms with Crippen LogP contribution in [0.1, 0.15) is 33.4 Å². The highest BCUT2D eigenvalue weighted by Crippen LogP contribution is 2.38. The van der Waals surface area contributed by atoms with Crippen molar-refractivity contribution >= 4 is 56.6 Å². The van der Waals surface area contributed by atoms with Crippen molar-refractivity contribution in [2.45, 2.75) is 13.8 Å². The van der Waals surface area contributed by atoms with Gasteiger partial charge in [-0.3, -0.25) is 0 Å². The summed E-state index contributed by atoms with van der Waals surface area (Å²) in [5, 5.41) is 7.90. The first kappa shape index (κ1) is 20.4. The second-order valence-corrected chi connectivity index (χ2v) is 9.22. The van der Waals surface area contributed by atoms with Gasteiger partial charge in [-0.05, 0) is 68.4 Å². The van der Waals surface area contributed by atoms with Gasteiger partial charge in [0.15, 0.2) is 0 Å². The Morgan fingerprint density at radius 1 is 0.382 bits per heavy atom. The molecule has 162 valence electrons. The minimum Gasteiger partial charge on any atom is -0.0587 e. The molecule has 0 fully saturated rings. The molecule has 0 saturated heterocycles. The SMILES string of the molecule is Cc1ccc(/C=C/c2ccc3ccc4c(/C=C/c5ccc(C)cc5)ccc5ccc2c3c54)cc1. The molecule has 0 heteroatoms. The zero-order valence-corrected chi connectivity index (χ0v) is 19.5. The van der Waals surface area contributed by atoms with Crippen LogP contribution in [0.3, 0.4) is 0 Å². The lowest BCUT2D eigenvalue weighted by Gasteiger charge is -2.14. The Balaban J connectivity index is 1.49. The summed E-state index contributed by atoms with van der Waals surface area (Å²) in [5.41, 5.74) is 7.52. The topological polar surface area (TPSA) is 0 Å². The van der Waals surface area contributed by atoms with Gasteiger partial charge < -0.3 is 0 Å². The molecule has 0 aliphatic heterocycles. The molecule has 0 saturated carbocycles. The Morgan fingerprint density at radius 2 is 0.765 bits per heavy atom. The highest BCUT2D eigenvalue weighted by Gasteiger charge is 2.11. The van der Waals surface area contributed by atoms with Crippen molar-refractivity contribution in [3.05, 3.63) is 130 Å². The van der Waals surface area contributed by atoms with E-state index in [2.05, 4.69) is 135 Å². The molecule has 0 aliphatic rings. The molecule has 34 heavy (non-hydrogen) atoms. The molecular weight excluding hydrogens is 408 g/mol. The standard InChI is InChI=1S/C34H26/c1-23-3-7-25(8-4-23)11-13-27-15-17-29-20-22-32-28(14-12-26-9-5-24(2)6-10-26)16-18-30-19-21-31(27)33(29)34(30)32/h3-22H,1-2H3/b13-11+,14-12+. The summed E-state index contributed by atoms with van der Waals surface area (Å²) in [6, 6.07) is 35.4. The van der Waals surface area contributed by atoms with Gasteiger partial charge in [0.2, 0.25) is 0 Å². The highest BCUT2D eigenvalue weighted by molar-refractivity contribution is 6.25. The molecule has 0 bridgehead atoms. The second kappa shape index (κ2) is 8.32. The summed E-state index contributed by atoms with van der Waals surface area (Å²) >= 11 is 0. The van der Waals surface area contributed by atoms with E-state index in [9.17, 15) is 0 Å². The van der Waals surface area contributed by atoms with Crippen molar-refractivity contribution in [3.63, 3.8) is 0 Å². The molecule has 0 nitrogen and oxygen atoms in total. The maximum atomic E-state index is 2.28.